The van der Waals surface area contributed by atoms with E-state index in [1.807, 2.05) is 31.9 Å². The van der Waals surface area contributed by atoms with Crippen molar-refractivity contribution in [2.45, 2.75) is 37.0 Å². The minimum Gasteiger partial charge on any atom is -0.365 e. The highest BCUT2D eigenvalue weighted by Gasteiger charge is 2.45. The summed E-state index contributed by atoms with van der Waals surface area (Å²) in [5, 5.41) is 3.05. The smallest absolute Gasteiger partial charge is 0.286 e. The molecule has 1 fully saturated rings. The monoisotopic (exact) mass is 431 g/mol. The molecule has 7 nitrogen and oxygen atoms in total. The predicted molar refractivity (Wildman–Crippen MR) is 108 cm³/mol. The van der Waals surface area contributed by atoms with Gasteiger partial charge in [0.1, 0.15) is 17.0 Å². The van der Waals surface area contributed by atoms with E-state index in [1.165, 1.54) is 5.01 Å². The van der Waals surface area contributed by atoms with Crippen LogP contribution >= 0.6 is 11.6 Å². The molecule has 0 aliphatic carbocycles. The van der Waals surface area contributed by atoms with E-state index in [1.54, 1.807) is 36.2 Å². The Morgan fingerprint density at radius 1 is 1.31 bits per heavy atom. The standard InChI is InChI=1S/C19H28ClF2N5O2/c1-18(2,10-27-11-19(21,22)12-27)29-13-6-7-16(24(3)9-13)23-14-8-15(20)25(4)26(5)17(14)28/h6-8,13,15H,9-12H2,1-5H3. The lowest BCUT2D eigenvalue weighted by Gasteiger charge is -2.44. The lowest BCUT2D eigenvalue weighted by atomic mass is 10.0. The zero-order valence-corrected chi connectivity index (χ0v) is 18.2. The molecule has 3 aliphatic rings. The van der Waals surface area contributed by atoms with Crippen molar-refractivity contribution in [1.82, 2.24) is 19.8 Å². The molecule has 0 saturated carbocycles. The van der Waals surface area contributed by atoms with Crippen LogP contribution in [0.25, 0.3) is 0 Å². The summed E-state index contributed by atoms with van der Waals surface area (Å²) in [6.45, 7) is 4.35. The fraction of sp³-hybridized carbons (Fsp3) is 0.684. The normalized spacial score (nSPS) is 30.0. The maximum absolute atomic E-state index is 13.1. The van der Waals surface area contributed by atoms with Gasteiger partial charge in [-0.2, -0.15) is 5.01 Å². The van der Waals surface area contributed by atoms with Gasteiger partial charge in [-0.25, -0.2) is 13.8 Å². The number of ether oxygens (including phenoxy) is 1. The molecule has 2 unspecified atom stereocenters. The molecule has 0 N–H and O–H groups in total. The molecular weight excluding hydrogens is 404 g/mol. The number of amides is 1. The predicted octanol–water partition coefficient (Wildman–Crippen LogP) is 1.77. The number of carbonyl (C=O) groups is 1. The molecule has 162 valence electrons. The fourth-order valence-corrected chi connectivity index (χ4v) is 3.89. The minimum absolute atomic E-state index is 0.207. The zero-order valence-electron chi connectivity index (χ0n) is 17.4. The first-order valence-electron chi connectivity index (χ1n) is 9.50. The highest BCUT2D eigenvalue weighted by atomic mass is 35.5. The van der Waals surface area contributed by atoms with Crippen LogP contribution in [-0.4, -0.2) is 102 Å². The van der Waals surface area contributed by atoms with Gasteiger partial charge in [0.05, 0.1) is 24.8 Å². The molecule has 10 heteroatoms. The van der Waals surface area contributed by atoms with Gasteiger partial charge in [-0.3, -0.25) is 14.7 Å². The van der Waals surface area contributed by atoms with Gasteiger partial charge in [0, 0.05) is 34.2 Å². The number of alkyl halides is 3. The van der Waals surface area contributed by atoms with Gasteiger partial charge in [-0.1, -0.05) is 17.7 Å². The number of likely N-dealkylation sites (N-methyl/N-ethyl adjacent to an activating group) is 3. The van der Waals surface area contributed by atoms with E-state index in [0.717, 1.165) is 0 Å². The molecule has 0 aromatic heterocycles. The summed E-state index contributed by atoms with van der Waals surface area (Å²) in [6, 6.07) is 0. The molecule has 3 aliphatic heterocycles. The van der Waals surface area contributed by atoms with Crippen molar-refractivity contribution in [2.24, 2.45) is 4.99 Å². The second-order valence-corrected chi connectivity index (χ2v) is 8.90. The van der Waals surface area contributed by atoms with Gasteiger partial charge < -0.3 is 9.64 Å². The third kappa shape index (κ3) is 5.14. The van der Waals surface area contributed by atoms with Gasteiger partial charge in [-0.15, -0.1) is 0 Å². The highest BCUT2D eigenvalue weighted by molar-refractivity contribution is 6.22. The van der Waals surface area contributed by atoms with Crippen LogP contribution in [0.3, 0.4) is 0 Å². The summed E-state index contributed by atoms with van der Waals surface area (Å²) >= 11 is 6.23. The number of halogens is 3. The third-order valence-corrected chi connectivity index (χ3v) is 5.57. The number of likely N-dealkylation sites (tertiary alicyclic amines) is 1. The third-order valence-electron chi connectivity index (χ3n) is 5.16. The summed E-state index contributed by atoms with van der Waals surface area (Å²) in [5.74, 6) is -2.18. The number of nitrogens with zero attached hydrogens (tertiary/aromatic N) is 5. The Labute approximate surface area is 175 Å². The Bertz CT molecular complexity index is 747. The number of rotatable bonds is 5. The summed E-state index contributed by atoms with van der Waals surface area (Å²) < 4.78 is 32.2. The minimum atomic E-state index is -2.58. The van der Waals surface area contributed by atoms with E-state index >= 15 is 0 Å². The average Bonchev–Trinajstić information content (AvgIpc) is 2.57. The van der Waals surface area contributed by atoms with E-state index in [9.17, 15) is 13.6 Å². The molecule has 3 heterocycles. The lowest BCUT2D eigenvalue weighted by molar-refractivity contribution is -0.160. The molecular formula is C19H28ClF2N5O2. The van der Waals surface area contributed by atoms with Gasteiger partial charge in [0.2, 0.25) is 0 Å². The summed E-state index contributed by atoms with van der Waals surface area (Å²) in [6.07, 6.45) is 5.10. The van der Waals surface area contributed by atoms with Crippen LogP contribution in [0.2, 0.25) is 0 Å². The van der Waals surface area contributed by atoms with E-state index in [2.05, 4.69) is 4.99 Å². The van der Waals surface area contributed by atoms with E-state index in [0.29, 0.717) is 18.9 Å². The second kappa shape index (κ2) is 7.94. The maximum Gasteiger partial charge on any atom is 0.286 e. The molecule has 0 aromatic rings. The second-order valence-electron chi connectivity index (χ2n) is 8.45. The largest absolute Gasteiger partial charge is 0.365 e. The Morgan fingerprint density at radius 2 is 1.97 bits per heavy atom. The SMILES string of the molecule is CN1CC(OC(C)(C)CN2CC(F)(F)C2)C=CC1=NC1=CC(Cl)N(C)N(C)C1=O. The first kappa shape index (κ1) is 22.1. The van der Waals surface area contributed by atoms with Crippen molar-refractivity contribution in [1.29, 1.82) is 0 Å². The summed E-state index contributed by atoms with van der Waals surface area (Å²) in [5.41, 5.74) is -0.738. The van der Waals surface area contributed by atoms with Crippen LogP contribution < -0.4 is 0 Å². The Hall–Kier alpha value is -1.55. The van der Waals surface area contributed by atoms with Crippen molar-refractivity contribution in [3.8, 4) is 0 Å². The Morgan fingerprint density at radius 3 is 2.55 bits per heavy atom. The topological polar surface area (TPSA) is 51.6 Å². The first-order chi connectivity index (χ1) is 13.4. The molecule has 29 heavy (non-hydrogen) atoms. The van der Waals surface area contributed by atoms with Crippen LogP contribution in [0.5, 0.6) is 0 Å². The van der Waals surface area contributed by atoms with Gasteiger partial charge in [-0.05, 0) is 26.0 Å². The van der Waals surface area contributed by atoms with Crippen LogP contribution in [0, 0.1) is 0 Å². The van der Waals surface area contributed by atoms with Crippen molar-refractivity contribution in [3.63, 3.8) is 0 Å². The van der Waals surface area contributed by atoms with Gasteiger partial charge in [0.15, 0.2) is 0 Å². The number of carbonyl (C=O) groups excluding carboxylic acids is 1. The van der Waals surface area contributed by atoms with Crippen molar-refractivity contribution < 1.29 is 18.3 Å². The number of hydrazine groups is 1. The number of hydrogen-bond acceptors (Lipinski definition) is 5. The van der Waals surface area contributed by atoms with Gasteiger partial charge in [0.25, 0.3) is 11.8 Å². The van der Waals surface area contributed by atoms with Gasteiger partial charge >= 0.3 is 0 Å². The number of amidine groups is 1. The molecule has 0 radical (unpaired) electrons. The Kier molecular flexibility index (Phi) is 6.06. The average molecular weight is 432 g/mol. The zero-order chi connectivity index (χ0) is 21.6. The van der Waals surface area contributed by atoms with Crippen LogP contribution in [-0.2, 0) is 9.53 Å². The van der Waals surface area contributed by atoms with E-state index in [-0.39, 0.29) is 30.8 Å². The van der Waals surface area contributed by atoms with Crippen LogP contribution in [0.1, 0.15) is 13.8 Å². The highest BCUT2D eigenvalue weighted by Crippen LogP contribution is 2.29. The molecule has 2 atom stereocenters. The summed E-state index contributed by atoms with van der Waals surface area (Å²) in [7, 11) is 5.24. The van der Waals surface area contributed by atoms with E-state index in [4.69, 9.17) is 16.3 Å². The van der Waals surface area contributed by atoms with Crippen LogP contribution in [0.15, 0.2) is 28.9 Å². The Balaban J connectivity index is 1.63. The molecule has 0 aromatic carbocycles. The summed E-state index contributed by atoms with van der Waals surface area (Å²) in [4.78, 5) is 20.5. The van der Waals surface area contributed by atoms with Crippen molar-refractivity contribution >= 4 is 23.3 Å². The molecule has 1 amide bonds. The number of aliphatic imine (C=N–C) groups is 1. The molecule has 0 bridgehead atoms. The first-order valence-corrected chi connectivity index (χ1v) is 9.93. The van der Waals surface area contributed by atoms with Crippen LogP contribution in [0.4, 0.5) is 8.78 Å². The van der Waals surface area contributed by atoms with Crippen molar-refractivity contribution in [2.75, 3.05) is 47.3 Å². The molecule has 1 saturated heterocycles. The van der Waals surface area contributed by atoms with Crippen molar-refractivity contribution in [3.05, 3.63) is 23.9 Å². The molecule has 3 rings (SSSR count). The fourth-order valence-electron chi connectivity index (χ4n) is 3.64. The van der Waals surface area contributed by atoms with E-state index < -0.39 is 17.0 Å². The maximum atomic E-state index is 13.1. The lowest BCUT2D eigenvalue weighted by Crippen LogP contribution is -2.60. The number of hydrogen-bond donors (Lipinski definition) is 0. The molecule has 0 spiro atoms. The quantitative estimate of drug-likeness (QED) is 0.490.